The number of carboxylic acids is 2. The van der Waals surface area contributed by atoms with Crippen LogP contribution in [-0.4, -0.2) is 58.1 Å². The van der Waals surface area contributed by atoms with Gasteiger partial charge in [-0.1, -0.05) is 13.8 Å². The summed E-state index contributed by atoms with van der Waals surface area (Å²) in [4.78, 5) is 33.4. The molecular weight excluding hydrogens is 320 g/mol. The van der Waals surface area contributed by atoms with Gasteiger partial charge in [0.2, 0.25) is 5.91 Å². The summed E-state index contributed by atoms with van der Waals surface area (Å²) in [6.07, 6.45) is -1.91. The zero-order chi connectivity index (χ0) is 18.7. The van der Waals surface area contributed by atoms with Crippen LogP contribution in [0.1, 0.15) is 46.0 Å². The van der Waals surface area contributed by atoms with Gasteiger partial charge in [-0.25, -0.2) is 4.79 Å². The van der Waals surface area contributed by atoms with Crippen molar-refractivity contribution in [2.24, 2.45) is 11.7 Å². The van der Waals surface area contributed by atoms with Gasteiger partial charge >= 0.3 is 11.9 Å². The van der Waals surface area contributed by atoms with E-state index in [2.05, 4.69) is 5.32 Å². The molecule has 24 heavy (non-hydrogen) atoms. The molecule has 0 radical (unpaired) electrons. The van der Waals surface area contributed by atoms with Crippen molar-refractivity contribution in [2.45, 2.75) is 64.4 Å². The van der Waals surface area contributed by atoms with Crippen LogP contribution < -0.4 is 11.1 Å². The number of unbranched alkanes of at least 4 members (excludes halogenated alkanes) is 1. The monoisotopic (exact) mass is 348 g/mol. The Balaban J connectivity index is 4.69. The fourth-order valence-corrected chi connectivity index (χ4v) is 2.02. The Morgan fingerprint density at radius 2 is 1.75 bits per heavy atom. The number of ether oxygens (including phenoxy) is 1. The number of carbonyl (C=O) groups excluding carboxylic acids is 1. The lowest BCUT2D eigenvalue weighted by atomic mass is 10.0. The first kappa shape index (κ1) is 22.3. The summed E-state index contributed by atoms with van der Waals surface area (Å²) < 4.78 is 5.19. The van der Waals surface area contributed by atoms with Crippen molar-refractivity contribution in [1.82, 2.24) is 5.32 Å². The number of hydrogen-bond acceptors (Lipinski definition) is 6. The van der Waals surface area contributed by atoms with Crippen molar-refractivity contribution < 1.29 is 34.4 Å². The smallest absolute Gasteiger partial charge is 0.332 e. The fraction of sp³-hybridized carbons (Fsp3) is 0.800. The van der Waals surface area contributed by atoms with E-state index in [1.165, 1.54) is 0 Å². The largest absolute Gasteiger partial charge is 0.481 e. The maximum atomic E-state index is 11.7. The number of nitrogens with two attached hydrogens (primary N) is 1. The second-order valence-corrected chi connectivity index (χ2v) is 5.87. The van der Waals surface area contributed by atoms with Crippen LogP contribution in [0.2, 0.25) is 0 Å². The van der Waals surface area contributed by atoms with E-state index in [1.807, 2.05) is 0 Å². The lowest BCUT2D eigenvalue weighted by Crippen LogP contribution is -2.49. The first-order valence-corrected chi connectivity index (χ1v) is 7.96. The number of aliphatic carboxylic acids is 2. The molecule has 0 heterocycles. The molecule has 0 spiro atoms. The quantitative estimate of drug-likeness (QED) is 0.228. The first-order chi connectivity index (χ1) is 11.2. The third-order valence-corrected chi connectivity index (χ3v) is 3.42. The predicted octanol–water partition coefficient (Wildman–Crippen LogP) is -0.0908. The molecule has 140 valence electrons. The van der Waals surface area contributed by atoms with Crippen molar-refractivity contribution in [2.75, 3.05) is 6.54 Å². The molecule has 9 nitrogen and oxygen atoms in total. The number of carboxylic acid groups (broad SMARTS) is 2. The fourth-order valence-electron chi connectivity index (χ4n) is 2.02. The van der Waals surface area contributed by atoms with E-state index >= 15 is 0 Å². The summed E-state index contributed by atoms with van der Waals surface area (Å²) in [5.41, 5.74) is 5.36. The Hall–Kier alpha value is -1.71. The first-order valence-electron chi connectivity index (χ1n) is 7.96. The average molecular weight is 348 g/mol. The molecule has 0 aromatic rings. The molecule has 1 amide bonds. The maximum absolute atomic E-state index is 11.7. The Morgan fingerprint density at radius 1 is 1.12 bits per heavy atom. The highest BCUT2D eigenvalue weighted by atomic mass is 16.6. The van der Waals surface area contributed by atoms with Gasteiger partial charge in [-0.05, 0) is 31.7 Å². The number of nitrogens with one attached hydrogen (secondary N) is 1. The number of rotatable bonds is 13. The molecule has 3 atom stereocenters. The highest BCUT2D eigenvalue weighted by molar-refractivity contribution is 5.80. The van der Waals surface area contributed by atoms with E-state index in [0.717, 1.165) is 0 Å². The summed E-state index contributed by atoms with van der Waals surface area (Å²) in [5, 5.41) is 30.4. The molecule has 0 bridgehead atoms. The van der Waals surface area contributed by atoms with Crippen molar-refractivity contribution >= 4 is 17.8 Å². The summed E-state index contributed by atoms with van der Waals surface area (Å²) in [7, 11) is 0. The number of carbonyl (C=O) groups is 3. The van der Waals surface area contributed by atoms with Crippen molar-refractivity contribution in [3.05, 3.63) is 0 Å². The van der Waals surface area contributed by atoms with Gasteiger partial charge < -0.3 is 31.1 Å². The van der Waals surface area contributed by atoms with E-state index in [-0.39, 0.29) is 25.2 Å². The predicted molar refractivity (Wildman–Crippen MR) is 85.1 cm³/mol. The van der Waals surface area contributed by atoms with E-state index in [9.17, 15) is 19.5 Å². The molecule has 0 aliphatic heterocycles. The molecule has 0 aliphatic rings. The van der Waals surface area contributed by atoms with Gasteiger partial charge in [0.25, 0.3) is 0 Å². The van der Waals surface area contributed by atoms with Crippen LogP contribution in [0.3, 0.4) is 0 Å². The third-order valence-electron chi connectivity index (χ3n) is 3.42. The van der Waals surface area contributed by atoms with Gasteiger partial charge in [0.1, 0.15) is 0 Å². The summed E-state index contributed by atoms with van der Waals surface area (Å²) >= 11 is 0. The third kappa shape index (κ3) is 9.43. The molecule has 0 saturated heterocycles. The van der Waals surface area contributed by atoms with E-state index in [1.54, 1.807) is 13.8 Å². The van der Waals surface area contributed by atoms with Gasteiger partial charge in [0.15, 0.2) is 12.4 Å². The number of aliphatic hydroxyl groups excluding tert-OH is 1. The standard InChI is InChI=1S/C15H28N2O7/c1-9(2)13(17-11(18)6-7-12(19)20)15(23)24-10(14(21)22)5-3-4-8-16/h9-10,13,15,23H,3-8,16H2,1-2H3,(H,17,18)(H,19,20)(H,21,22). The zero-order valence-electron chi connectivity index (χ0n) is 14.1. The van der Waals surface area contributed by atoms with Crippen LogP contribution >= 0.6 is 0 Å². The number of amides is 1. The average Bonchev–Trinajstić information content (AvgIpc) is 2.49. The van der Waals surface area contributed by atoms with Crippen LogP contribution in [0, 0.1) is 5.92 Å². The van der Waals surface area contributed by atoms with E-state index < -0.39 is 36.3 Å². The zero-order valence-corrected chi connectivity index (χ0v) is 14.1. The second-order valence-electron chi connectivity index (χ2n) is 5.87. The summed E-state index contributed by atoms with van der Waals surface area (Å²) in [6, 6.07) is -0.845. The molecule has 0 rings (SSSR count). The molecule has 0 aromatic heterocycles. The summed E-state index contributed by atoms with van der Waals surface area (Å²) in [6.45, 7) is 3.88. The molecule has 9 heteroatoms. The van der Waals surface area contributed by atoms with Crippen LogP contribution in [-0.2, 0) is 19.1 Å². The van der Waals surface area contributed by atoms with Crippen LogP contribution in [0.15, 0.2) is 0 Å². The minimum absolute atomic E-state index is 0.196. The molecular formula is C15H28N2O7. The minimum atomic E-state index is -1.52. The lowest BCUT2D eigenvalue weighted by Gasteiger charge is -2.29. The molecule has 0 aliphatic carbocycles. The molecule has 0 saturated carbocycles. The number of hydrogen-bond donors (Lipinski definition) is 5. The second kappa shape index (κ2) is 11.8. The Morgan fingerprint density at radius 3 is 2.21 bits per heavy atom. The van der Waals surface area contributed by atoms with Crippen molar-refractivity contribution in [3.8, 4) is 0 Å². The van der Waals surface area contributed by atoms with Crippen LogP contribution in [0.25, 0.3) is 0 Å². The lowest BCUT2D eigenvalue weighted by molar-refractivity contribution is -0.186. The molecule has 0 fully saturated rings. The number of aliphatic hydroxyl groups is 1. The highest BCUT2D eigenvalue weighted by Crippen LogP contribution is 2.14. The van der Waals surface area contributed by atoms with E-state index in [4.69, 9.17) is 20.7 Å². The van der Waals surface area contributed by atoms with Crippen LogP contribution in [0.5, 0.6) is 0 Å². The minimum Gasteiger partial charge on any atom is -0.481 e. The Kier molecular flexibility index (Phi) is 10.9. The van der Waals surface area contributed by atoms with Crippen LogP contribution in [0.4, 0.5) is 0 Å². The van der Waals surface area contributed by atoms with Gasteiger partial charge in [0, 0.05) is 6.42 Å². The Labute approximate surface area is 141 Å². The van der Waals surface area contributed by atoms with Gasteiger partial charge in [-0.3, -0.25) is 9.59 Å². The highest BCUT2D eigenvalue weighted by Gasteiger charge is 2.30. The molecule has 0 aromatic carbocycles. The van der Waals surface area contributed by atoms with Crippen molar-refractivity contribution in [3.63, 3.8) is 0 Å². The van der Waals surface area contributed by atoms with Gasteiger partial charge in [0.05, 0.1) is 12.5 Å². The Bertz CT molecular complexity index is 415. The normalized spacial score (nSPS) is 14.9. The maximum Gasteiger partial charge on any atom is 0.332 e. The van der Waals surface area contributed by atoms with Crippen molar-refractivity contribution in [1.29, 1.82) is 0 Å². The molecule has 6 N–H and O–H groups in total. The van der Waals surface area contributed by atoms with E-state index in [0.29, 0.717) is 19.4 Å². The van der Waals surface area contributed by atoms with Gasteiger partial charge in [-0.2, -0.15) is 0 Å². The summed E-state index contributed by atoms with van der Waals surface area (Å²) in [5.74, 6) is -3.10. The SMILES string of the molecule is CC(C)C(NC(=O)CCC(=O)O)C(O)OC(CCCCN)C(=O)O. The molecule has 3 unspecified atom stereocenters. The topological polar surface area (TPSA) is 159 Å². The van der Waals surface area contributed by atoms with Gasteiger partial charge in [-0.15, -0.1) is 0 Å².